The first-order valence-electron chi connectivity index (χ1n) is 13.6. The Morgan fingerprint density at radius 3 is 2.43 bits per heavy atom. The van der Waals surface area contributed by atoms with Gasteiger partial charge in [-0.3, -0.25) is 4.79 Å². The molecule has 0 unspecified atom stereocenters. The molecule has 0 bridgehead atoms. The summed E-state index contributed by atoms with van der Waals surface area (Å²) in [7, 11) is 4.04. The minimum Gasteiger partial charge on any atom is -0.492 e. The quantitative estimate of drug-likeness (QED) is 0.211. The van der Waals surface area contributed by atoms with Gasteiger partial charge < -0.3 is 25.2 Å². The van der Waals surface area contributed by atoms with E-state index >= 15 is 0 Å². The maximum Gasteiger partial charge on any atom is 0.503 e. The second-order valence-electron chi connectivity index (χ2n) is 10.2. The van der Waals surface area contributed by atoms with Gasteiger partial charge in [0.05, 0.1) is 17.3 Å². The number of carbonyl (C=O) groups excluding carboxylic acids is 1. The highest BCUT2D eigenvalue weighted by atomic mass is 35.5. The number of aromatic nitrogens is 1. The molecule has 42 heavy (non-hydrogen) atoms. The maximum absolute atomic E-state index is 14.5. The molecule has 8 nitrogen and oxygen atoms in total. The van der Waals surface area contributed by atoms with Crippen LogP contribution >= 0.6 is 24.0 Å². The van der Waals surface area contributed by atoms with Gasteiger partial charge in [-0.05, 0) is 81.7 Å². The number of nitrogens with one attached hydrogen (secondary N) is 1. The molecule has 0 saturated heterocycles. The number of pyridine rings is 1. The number of amides is 1. The molecule has 4 rings (SSSR count). The molecule has 1 aliphatic rings. The van der Waals surface area contributed by atoms with Crippen LogP contribution in [0, 0.1) is 12.7 Å². The summed E-state index contributed by atoms with van der Waals surface area (Å²) >= 11 is 6.45. The molecule has 1 fully saturated rings. The number of hydrogen-bond acceptors (Lipinski definition) is 5. The predicted molar refractivity (Wildman–Crippen MR) is 166 cm³/mol. The van der Waals surface area contributed by atoms with Crippen LogP contribution in [0.5, 0.6) is 5.75 Å². The molecular formula is C31H38Cl2FN3O5. The van der Waals surface area contributed by atoms with Crippen LogP contribution in [-0.4, -0.2) is 65.4 Å². The van der Waals surface area contributed by atoms with E-state index in [4.69, 9.17) is 36.3 Å². The summed E-state index contributed by atoms with van der Waals surface area (Å²) in [5, 5.41) is 17.6. The van der Waals surface area contributed by atoms with Crippen LogP contribution in [-0.2, 0) is 0 Å². The zero-order chi connectivity index (χ0) is 29.9. The van der Waals surface area contributed by atoms with Gasteiger partial charge in [-0.1, -0.05) is 49.1 Å². The molecule has 1 aliphatic carbocycles. The van der Waals surface area contributed by atoms with Crippen molar-refractivity contribution in [3.8, 4) is 28.1 Å². The molecule has 1 aromatic heterocycles. The Bertz CT molecular complexity index is 1350. The van der Waals surface area contributed by atoms with E-state index in [9.17, 15) is 9.18 Å². The average molecular weight is 623 g/mol. The molecule has 0 aliphatic heterocycles. The monoisotopic (exact) mass is 621 g/mol. The number of halogens is 3. The van der Waals surface area contributed by atoms with E-state index in [1.165, 1.54) is 12.5 Å². The Morgan fingerprint density at radius 1 is 1.07 bits per heavy atom. The number of carboxylic acid groups (broad SMARTS) is 2. The van der Waals surface area contributed by atoms with Crippen molar-refractivity contribution in [1.82, 2.24) is 15.2 Å². The molecule has 0 radical (unpaired) electrons. The molecule has 0 spiro atoms. The van der Waals surface area contributed by atoms with Crippen molar-refractivity contribution in [2.75, 3.05) is 27.2 Å². The first kappa shape index (κ1) is 34.8. The molecule has 3 aromatic rings. The third-order valence-electron chi connectivity index (χ3n) is 6.84. The minimum absolute atomic E-state index is 0. The topological polar surface area (TPSA) is 112 Å². The van der Waals surface area contributed by atoms with Crippen molar-refractivity contribution in [2.45, 2.75) is 51.5 Å². The van der Waals surface area contributed by atoms with E-state index < -0.39 is 6.16 Å². The second kappa shape index (κ2) is 16.9. The molecule has 1 heterocycles. The Balaban J connectivity index is 0.00000116. The number of rotatable bonds is 9. The van der Waals surface area contributed by atoms with E-state index in [-0.39, 0.29) is 30.2 Å². The first-order valence-corrected chi connectivity index (χ1v) is 14.0. The van der Waals surface area contributed by atoms with E-state index in [0.29, 0.717) is 34.3 Å². The first-order chi connectivity index (χ1) is 19.6. The van der Waals surface area contributed by atoms with Crippen LogP contribution in [0.15, 0.2) is 48.5 Å². The van der Waals surface area contributed by atoms with Gasteiger partial charge >= 0.3 is 6.16 Å². The average Bonchev–Trinajstić information content (AvgIpc) is 2.93. The molecule has 3 N–H and O–H groups in total. The maximum atomic E-state index is 14.5. The van der Waals surface area contributed by atoms with Gasteiger partial charge in [0.15, 0.2) is 0 Å². The van der Waals surface area contributed by atoms with Gasteiger partial charge in [0.2, 0.25) is 0 Å². The number of hydrogen-bond donors (Lipinski definition) is 3. The van der Waals surface area contributed by atoms with Crippen LogP contribution < -0.4 is 10.1 Å². The molecule has 0 atom stereocenters. The van der Waals surface area contributed by atoms with Crippen molar-refractivity contribution in [3.63, 3.8) is 0 Å². The van der Waals surface area contributed by atoms with Gasteiger partial charge in [-0.25, -0.2) is 14.2 Å². The third kappa shape index (κ3) is 10.2. The lowest BCUT2D eigenvalue weighted by atomic mass is 9.94. The molecule has 2 aromatic carbocycles. The van der Waals surface area contributed by atoms with Crippen molar-refractivity contribution in [2.24, 2.45) is 0 Å². The van der Waals surface area contributed by atoms with Gasteiger partial charge in [0.1, 0.15) is 17.3 Å². The Kier molecular flexibility index (Phi) is 14.0. The number of carbonyl (C=O) groups is 2. The number of nitrogens with zero attached hydrogens (tertiary/aromatic N) is 2. The van der Waals surface area contributed by atoms with E-state index in [1.54, 1.807) is 25.1 Å². The molecule has 1 amide bonds. The number of benzene rings is 2. The van der Waals surface area contributed by atoms with E-state index in [2.05, 4.69) is 10.2 Å². The number of ether oxygens (including phenoxy) is 1. The largest absolute Gasteiger partial charge is 0.503 e. The lowest BCUT2D eigenvalue weighted by Crippen LogP contribution is -2.36. The molecule has 228 valence electrons. The summed E-state index contributed by atoms with van der Waals surface area (Å²) < 4.78 is 20.5. The SMILES string of the molecule is Cc1c(F)cccc1-c1ccc(C(=O)NC2CCCCC2)nc1-c1ccc(Cl)c(OCCCN(C)C)c1.Cl.O=C(O)O. The van der Waals surface area contributed by atoms with Gasteiger partial charge in [0, 0.05) is 23.7 Å². The van der Waals surface area contributed by atoms with Gasteiger partial charge in [-0.2, -0.15) is 0 Å². The Hall–Kier alpha value is -3.40. The smallest absolute Gasteiger partial charge is 0.492 e. The van der Waals surface area contributed by atoms with Crippen LogP contribution in [0.1, 0.15) is 54.6 Å². The fraction of sp³-hybridized carbons (Fsp3) is 0.387. The third-order valence-corrected chi connectivity index (χ3v) is 7.15. The van der Waals surface area contributed by atoms with Crippen molar-refractivity contribution >= 4 is 36.1 Å². The highest BCUT2D eigenvalue weighted by Gasteiger charge is 2.21. The van der Waals surface area contributed by atoms with Crippen molar-refractivity contribution in [3.05, 3.63) is 70.6 Å². The zero-order valence-electron chi connectivity index (χ0n) is 24.0. The Labute approximate surface area is 257 Å². The summed E-state index contributed by atoms with van der Waals surface area (Å²) in [5.41, 5.74) is 3.66. The fourth-order valence-electron chi connectivity index (χ4n) is 4.75. The highest BCUT2D eigenvalue weighted by Crippen LogP contribution is 2.37. The second-order valence-corrected chi connectivity index (χ2v) is 10.7. The van der Waals surface area contributed by atoms with Crippen molar-refractivity contribution in [1.29, 1.82) is 0 Å². The summed E-state index contributed by atoms with van der Waals surface area (Å²) in [6.45, 7) is 3.17. The van der Waals surface area contributed by atoms with Gasteiger partial charge in [0.25, 0.3) is 5.91 Å². The highest BCUT2D eigenvalue weighted by molar-refractivity contribution is 6.32. The lowest BCUT2D eigenvalue weighted by Gasteiger charge is -2.23. The van der Waals surface area contributed by atoms with E-state index in [1.807, 2.05) is 38.4 Å². The molecular weight excluding hydrogens is 584 g/mol. The zero-order valence-corrected chi connectivity index (χ0v) is 25.6. The summed E-state index contributed by atoms with van der Waals surface area (Å²) in [6, 6.07) is 14.2. The molecule has 1 saturated carbocycles. The van der Waals surface area contributed by atoms with Crippen LogP contribution in [0.3, 0.4) is 0 Å². The van der Waals surface area contributed by atoms with Gasteiger partial charge in [-0.15, -0.1) is 12.4 Å². The predicted octanol–water partition coefficient (Wildman–Crippen LogP) is 7.55. The summed E-state index contributed by atoms with van der Waals surface area (Å²) in [6.07, 6.45) is 4.48. The lowest BCUT2D eigenvalue weighted by molar-refractivity contribution is 0.0922. The van der Waals surface area contributed by atoms with Crippen LogP contribution in [0.4, 0.5) is 9.18 Å². The summed E-state index contributed by atoms with van der Waals surface area (Å²) in [4.78, 5) is 28.6. The Morgan fingerprint density at radius 2 is 1.76 bits per heavy atom. The fourth-order valence-corrected chi connectivity index (χ4v) is 4.92. The van der Waals surface area contributed by atoms with Crippen molar-refractivity contribution < 1.29 is 28.9 Å². The van der Waals surface area contributed by atoms with Crippen LogP contribution in [0.2, 0.25) is 5.02 Å². The standard InChI is InChI=1S/C30H35ClFN3O2.CH2O3.ClH/c1-20-23(11-7-12-26(20)32)24-14-16-27(30(36)33-22-9-5-4-6-10-22)34-29(24)21-13-15-25(31)28(19-21)37-18-8-17-35(2)3;2-1(3)4;/h7,11-16,19,22H,4-6,8-10,17-18H2,1-3H3,(H,33,36);(H2,2,3,4);1H. The molecule has 11 heteroatoms. The normalized spacial score (nSPS) is 13.0. The van der Waals surface area contributed by atoms with E-state index in [0.717, 1.165) is 55.3 Å². The van der Waals surface area contributed by atoms with Crippen LogP contribution in [0.25, 0.3) is 22.4 Å². The minimum atomic E-state index is -1.83. The summed E-state index contributed by atoms with van der Waals surface area (Å²) in [5.74, 6) is 0.0760.